The van der Waals surface area contributed by atoms with E-state index >= 15 is 0 Å². The number of fused-ring (bicyclic) bond motifs is 1. The number of aromatic hydroxyl groups is 1. The van der Waals surface area contributed by atoms with Gasteiger partial charge in [0.1, 0.15) is 17.1 Å². The number of nitrogens with one attached hydrogen (secondary N) is 1. The van der Waals surface area contributed by atoms with Gasteiger partial charge < -0.3 is 20.1 Å². The van der Waals surface area contributed by atoms with Gasteiger partial charge >= 0.3 is 0 Å². The zero-order chi connectivity index (χ0) is 22.0. The van der Waals surface area contributed by atoms with Crippen molar-refractivity contribution in [2.45, 2.75) is 6.54 Å². The summed E-state index contributed by atoms with van der Waals surface area (Å²) in [5, 5.41) is 13.9. The molecule has 2 amide bonds. The quantitative estimate of drug-likeness (QED) is 0.646. The Labute approximate surface area is 182 Å². The second-order valence-corrected chi connectivity index (χ2v) is 7.52. The van der Waals surface area contributed by atoms with Crippen molar-refractivity contribution in [2.75, 3.05) is 26.3 Å². The fourth-order valence-electron chi connectivity index (χ4n) is 3.40. The van der Waals surface area contributed by atoms with E-state index in [9.17, 15) is 19.1 Å². The molecule has 2 N–H and O–H groups in total. The van der Waals surface area contributed by atoms with Gasteiger partial charge in [-0.15, -0.1) is 0 Å². The van der Waals surface area contributed by atoms with Gasteiger partial charge in [0, 0.05) is 36.2 Å². The van der Waals surface area contributed by atoms with Crippen molar-refractivity contribution in [1.29, 1.82) is 0 Å². The van der Waals surface area contributed by atoms with Crippen molar-refractivity contribution in [1.82, 2.24) is 15.2 Å². The average molecular weight is 444 g/mol. The van der Waals surface area contributed by atoms with Crippen LogP contribution in [0.25, 0.3) is 10.9 Å². The summed E-state index contributed by atoms with van der Waals surface area (Å²) in [7, 11) is 0. The van der Waals surface area contributed by atoms with Crippen LogP contribution in [0, 0.1) is 5.82 Å². The first-order chi connectivity index (χ1) is 14.9. The van der Waals surface area contributed by atoms with E-state index < -0.39 is 23.4 Å². The minimum atomic E-state index is -0.708. The summed E-state index contributed by atoms with van der Waals surface area (Å²) in [6.07, 6.45) is 1.18. The molecule has 2 aromatic carbocycles. The maximum Gasteiger partial charge on any atom is 0.256 e. The minimum Gasteiger partial charge on any atom is -0.506 e. The minimum absolute atomic E-state index is 0.00393. The summed E-state index contributed by atoms with van der Waals surface area (Å²) < 4.78 is 19.5. The lowest BCUT2D eigenvalue weighted by molar-refractivity contribution is 0.0304. The van der Waals surface area contributed by atoms with Crippen LogP contribution < -0.4 is 5.32 Å². The third kappa shape index (κ3) is 4.45. The van der Waals surface area contributed by atoms with Gasteiger partial charge in [0.05, 0.1) is 24.3 Å². The van der Waals surface area contributed by atoms with Gasteiger partial charge in [-0.2, -0.15) is 0 Å². The van der Waals surface area contributed by atoms with Crippen molar-refractivity contribution < 1.29 is 23.8 Å². The van der Waals surface area contributed by atoms with Crippen LogP contribution in [0.1, 0.15) is 26.3 Å². The summed E-state index contributed by atoms with van der Waals surface area (Å²) in [6.45, 7) is 1.77. The van der Waals surface area contributed by atoms with E-state index in [0.717, 1.165) is 17.7 Å². The van der Waals surface area contributed by atoms with Crippen LogP contribution in [0.3, 0.4) is 0 Å². The first-order valence-corrected chi connectivity index (χ1v) is 10.0. The van der Waals surface area contributed by atoms with Crippen molar-refractivity contribution >= 4 is 34.3 Å². The zero-order valence-electron chi connectivity index (χ0n) is 16.4. The third-order valence-corrected chi connectivity index (χ3v) is 5.30. The Hall–Kier alpha value is -3.23. The number of hydrogen-bond acceptors (Lipinski definition) is 5. The Morgan fingerprint density at radius 1 is 1.16 bits per heavy atom. The Morgan fingerprint density at radius 2 is 1.87 bits per heavy atom. The number of benzene rings is 2. The monoisotopic (exact) mass is 443 g/mol. The van der Waals surface area contributed by atoms with Crippen LogP contribution in [0.5, 0.6) is 5.75 Å². The average Bonchev–Trinajstić information content (AvgIpc) is 2.79. The summed E-state index contributed by atoms with van der Waals surface area (Å²) >= 11 is 5.85. The fraction of sp³-hybridized carbons (Fsp3) is 0.227. The lowest BCUT2D eigenvalue weighted by Gasteiger charge is -2.27. The Morgan fingerprint density at radius 3 is 2.58 bits per heavy atom. The molecule has 7 nitrogen and oxygen atoms in total. The van der Waals surface area contributed by atoms with Gasteiger partial charge in [-0.3, -0.25) is 14.6 Å². The summed E-state index contributed by atoms with van der Waals surface area (Å²) in [6, 6.07) is 9.08. The van der Waals surface area contributed by atoms with E-state index in [1.807, 2.05) is 0 Å². The van der Waals surface area contributed by atoms with Crippen LogP contribution in [-0.4, -0.2) is 53.1 Å². The molecule has 0 spiro atoms. The second kappa shape index (κ2) is 8.87. The molecule has 1 aliphatic heterocycles. The lowest BCUT2D eigenvalue weighted by atomic mass is 10.0. The fourth-order valence-corrected chi connectivity index (χ4v) is 3.53. The standard InChI is InChI=1S/C22H19ClFN3O4/c23-14-3-1-13(2-4-14)11-26-21(29)18-12-25-19-16(20(18)28)9-15(24)10-17(19)22(30)27-5-7-31-8-6-27/h1-4,9-10,12H,5-8,11H2,(H,25,28)(H,26,29). The highest BCUT2D eigenvalue weighted by atomic mass is 35.5. The summed E-state index contributed by atoms with van der Waals surface area (Å²) in [5.74, 6) is -2.12. The molecular formula is C22H19ClFN3O4. The van der Waals surface area contributed by atoms with Gasteiger partial charge in [0.25, 0.3) is 11.8 Å². The number of rotatable bonds is 4. The summed E-state index contributed by atoms with van der Waals surface area (Å²) in [5.41, 5.74) is 0.859. The molecule has 31 heavy (non-hydrogen) atoms. The van der Waals surface area contributed by atoms with E-state index in [1.165, 1.54) is 6.20 Å². The number of morpholine rings is 1. The summed E-state index contributed by atoms with van der Waals surface area (Å²) in [4.78, 5) is 31.2. The predicted octanol–water partition coefficient (Wildman–Crippen LogP) is 3.14. The van der Waals surface area contributed by atoms with Crippen molar-refractivity contribution in [3.05, 3.63) is 70.1 Å². The number of carbonyl (C=O) groups excluding carboxylic acids is 2. The van der Waals surface area contributed by atoms with Crippen molar-refractivity contribution in [2.24, 2.45) is 0 Å². The van der Waals surface area contributed by atoms with Gasteiger partial charge in [-0.1, -0.05) is 23.7 Å². The molecule has 1 fully saturated rings. The number of ether oxygens (including phenoxy) is 1. The third-order valence-electron chi connectivity index (χ3n) is 5.05. The van der Waals surface area contributed by atoms with Crippen LogP contribution in [0.15, 0.2) is 42.6 Å². The van der Waals surface area contributed by atoms with E-state index in [0.29, 0.717) is 31.3 Å². The molecule has 9 heteroatoms. The molecule has 0 aliphatic carbocycles. The first-order valence-electron chi connectivity index (χ1n) is 9.65. The number of hydrogen-bond donors (Lipinski definition) is 2. The van der Waals surface area contributed by atoms with E-state index in [2.05, 4.69) is 10.3 Å². The van der Waals surface area contributed by atoms with Crippen LogP contribution in [0.4, 0.5) is 4.39 Å². The smallest absolute Gasteiger partial charge is 0.256 e. The topological polar surface area (TPSA) is 91.8 Å². The zero-order valence-corrected chi connectivity index (χ0v) is 17.2. The highest BCUT2D eigenvalue weighted by Gasteiger charge is 2.24. The molecule has 0 atom stereocenters. The number of pyridine rings is 1. The Balaban J connectivity index is 1.63. The molecule has 3 aromatic rings. The SMILES string of the molecule is O=C(NCc1ccc(Cl)cc1)c1cnc2c(C(=O)N3CCOCC3)cc(F)cc2c1O. The number of amides is 2. The first kappa shape index (κ1) is 21.0. The number of carbonyl (C=O) groups is 2. The highest BCUT2D eigenvalue weighted by molar-refractivity contribution is 6.30. The van der Waals surface area contributed by atoms with Gasteiger partial charge in [-0.05, 0) is 29.8 Å². The van der Waals surface area contributed by atoms with E-state index in [4.69, 9.17) is 16.3 Å². The van der Waals surface area contributed by atoms with Gasteiger partial charge in [-0.25, -0.2) is 4.39 Å². The molecular weight excluding hydrogens is 425 g/mol. The van der Waals surface area contributed by atoms with Crippen LogP contribution in [0.2, 0.25) is 5.02 Å². The van der Waals surface area contributed by atoms with Crippen molar-refractivity contribution in [3.63, 3.8) is 0 Å². The number of aromatic nitrogens is 1. The second-order valence-electron chi connectivity index (χ2n) is 7.08. The van der Waals surface area contributed by atoms with Crippen molar-refractivity contribution in [3.8, 4) is 5.75 Å². The Kier molecular flexibility index (Phi) is 6.01. The molecule has 1 saturated heterocycles. The number of nitrogens with zero attached hydrogens (tertiary/aromatic N) is 2. The van der Waals surface area contributed by atoms with E-state index in [-0.39, 0.29) is 28.6 Å². The molecule has 1 aliphatic rings. The largest absolute Gasteiger partial charge is 0.506 e. The van der Waals surface area contributed by atoms with Gasteiger partial charge in [0.15, 0.2) is 0 Å². The molecule has 4 rings (SSSR count). The molecule has 0 bridgehead atoms. The van der Waals surface area contributed by atoms with Crippen LogP contribution >= 0.6 is 11.6 Å². The molecule has 2 heterocycles. The molecule has 0 saturated carbocycles. The number of halogens is 2. The lowest BCUT2D eigenvalue weighted by Crippen LogP contribution is -2.40. The maximum absolute atomic E-state index is 14.3. The van der Waals surface area contributed by atoms with Gasteiger partial charge in [0.2, 0.25) is 0 Å². The van der Waals surface area contributed by atoms with E-state index in [1.54, 1.807) is 29.2 Å². The molecule has 1 aromatic heterocycles. The normalized spacial score (nSPS) is 13.9. The predicted molar refractivity (Wildman–Crippen MR) is 113 cm³/mol. The molecule has 160 valence electrons. The molecule has 0 radical (unpaired) electrons. The molecule has 0 unspecified atom stereocenters. The Bertz CT molecular complexity index is 1150. The van der Waals surface area contributed by atoms with Crippen LogP contribution in [-0.2, 0) is 11.3 Å². The highest BCUT2D eigenvalue weighted by Crippen LogP contribution is 2.31. The maximum atomic E-state index is 14.3.